The number of aliphatic hydroxyl groups is 2. The Balaban J connectivity index is 2.12. The van der Waals surface area contributed by atoms with Crippen LogP contribution in [0.2, 0.25) is 0 Å². The van der Waals surface area contributed by atoms with Crippen molar-refractivity contribution in [3.8, 4) is 0 Å². The number of allylic oxidation sites excluding steroid dienone is 3. The van der Waals surface area contributed by atoms with E-state index in [0.717, 1.165) is 6.42 Å². The number of carbonyl (C=O) groups is 2. The third-order valence-corrected chi connectivity index (χ3v) is 7.08. The fourth-order valence-electron chi connectivity index (χ4n) is 4.76. The van der Waals surface area contributed by atoms with Crippen LogP contribution < -0.4 is 0 Å². The summed E-state index contributed by atoms with van der Waals surface area (Å²) >= 11 is 0. The Bertz CT molecular complexity index is 694. The molecule has 0 radical (unpaired) electrons. The molecule has 2 aliphatic rings. The third-order valence-electron chi connectivity index (χ3n) is 7.08. The normalized spacial score (nSPS) is 30.2. The maximum absolute atomic E-state index is 12.8. The number of aliphatic hydroxyl groups excluding tert-OH is 2. The molecule has 31 heavy (non-hydrogen) atoms. The van der Waals surface area contributed by atoms with E-state index in [2.05, 4.69) is 32.1 Å². The van der Waals surface area contributed by atoms with Gasteiger partial charge in [0.15, 0.2) is 0 Å². The van der Waals surface area contributed by atoms with Crippen LogP contribution in [0.25, 0.3) is 0 Å². The van der Waals surface area contributed by atoms with Crippen LogP contribution in [-0.4, -0.2) is 45.6 Å². The van der Waals surface area contributed by atoms with Gasteiger partial charge in [-0.2, -0.15) is 0 Å². The van der Waals surface area contributed by atoms with Gasteiger partial charge in [0.25, 0.3) is 0 Å². The molecule has 0 unspecified atom stereocenters. The number of esters is 1. The molecular weight excluding hydrogens is 396 g/mol. The number of hydrogen-bond acceptors (Lipinski definition) is 5. The molecule has 0 aromatic rings. The lowest BCUT2D eigenvalue weighted by Gasteiger charge is -2.44. The van der Waals surface area contributed by atoms with Crippen LogP contribution in [0.5, 0.6) is 0 Å². The van der Waals surface area contributed by atoms with E-state index in [-0.39, 0.29) is 42.7 Å². The average molecular weight is 437 g/mol. The Morgan fingerprint density at radius 3 is 2.52 bits per heavy atom. The van der Waals surface area contributed by atoms with Crippen LogP contribution in [0.3, 0.4) is 0 Å². The predicted octanol–water partition coefficient (Wildman–Crippen LogP) is 4.11. The lowest BCUT2D eigenvalue weighted by Crippen LogP contribution is -2.43. The van der Waals surface area contributed by atoms with Crippen LogP contribution in [-0.2, 0) is 14.3 Å². The zero-order valence-corrected chi connectivity index (χ0v) is 19.6. The molecule has 0 heterocycles. The lowest BCUT2D eigenvalue weighted by atomic mass is 9.65. The topological polar surface area (TPSA) is 104 Å². The lowest BCUT2D eigenvalue weighted by molar-refractivity contribution is -0.164. The first-order valence-electron chi connectivity index (χ1n) is 11.6. The summed E-state index contributed by atoms with van der Waals surface area (Å²) in [5.41, 5.74) is 0.682. The van der Waals surface area contributed by atoms with Crippen molar-refractivity contribution < 1.29 is 29.6 Å². The van der Waals surface area contributed by atoms with Gasteiger partial charge in [-0.1, -0.05) is 39.0 Å². The Morgan fingerprint density at radius 1 is 1.23 bits per heavy atom. The molecule has 3 N–H and O–H groups in total. The molecule has 176 valence electrons. The van der Waals surface area contributed by atoms with E-state index in [4.69, 9.17) is 9.84 Å². The van der Waals surface area contributed by atoms with Crippen molar-refractivity contribution in [1.82, 2.24) is 0 Å². The first-order valence-corrected chi connectivity index (χ1v) is 11.6. The quantitative estimate of drug-likeness (QED) is 0.445. The highest BCUT2D eigenvalue weighted by Gasteiger charge is 2.42. The van der Waals surface area contributed by atoms with Crippen LogP contribution in [0, 0.1) is 29.1 Å². The van der Waals surface area contributed by atoms with E-state index in [9.17, 15) is 19.8 Å². The molecule has 0 aromatic carbocycles. The highest BCUT2D eigenvalue weighted by molar-refractivity contribution is 5.76. The molecule has 0 bridgehead atoms. The van der Waals surface area contributed by atoms with Gasteiger partial charge in [-0.15, -0.1) is 0 Å². The van der Waals surface area contributed by atoms with Gasteiger partial charge in [0, 0.05) is 5.92 Å². The van der Waals surface area contributed by atoms with Crippen molar-refractivity contribution in [2.75, 3.05) is 0 Å². The molecule has 2 aliphatic carbocycles. The average Bonchev–Trinajstić information content (AvgIpc) is 2.66. The highest BCUT2D eigenvalue weighted by atomic mass is 16.5. The molecule has 0 saturated heterocycles. The number of rotatable bonds is 10. The monoisotopic (exact) mass is 436 g/mol. The predicted molar refractivity (Wildman–Crippen MR) is 119 cm³/mol. The Hall–Kier alpha value is -1.66. The zero-order chi connectivity index (χ0) is 23.3. The van der Waals surface area contributed by atoms with Crippen molar-refractivity contribution in [3.63, 3.8) is 0 Å². The first-order chi connectivity index (χ1) is 14.4. The smallest absolute Gasteiger partial charge is 0.311 e. The fraction of sp³-hybridized carbons (Fsp3) is 0.760. The largest absolute Gasteiger partial charge is 0.481 e. The van der Waals surface area contributed by atoms with Crippen LogP contribution in [0.15, 0.2) is 23.8 Å². The van der Waals surface area contributed by atoms with Gasteiger partial charge in [-0.3, -0.25) is 9.59 Å². The SMILES string of the molecule is CCC(C)(C)C(=O)O[C@H]1C[C@@H](C)C=C2C=C[C@H](C)[C@H](CC[C@H](O)C[C@H](O)CC(=O)O)[C@H]21. The summed E-state index contributed by atoms with van der Waals surface area (Å²) in [6, 6.07) is 0. The number of fused-ring (bicyclic) bond motifs is 1. The molecule has 0 saturated carbocycles. The summed E-state index contributed by atoms with van der Waals surface area (Å²) in [6.07, 6.45) is 6.98. The number of hydrogen-bond donors (Lipinski definition) is 3. The summed E-state index contributed by atoms with van der Waals surface area (Å²) in [5.74, 6) is -0.347. The van der Waals surface area contributed by atoms with E-state index in [0.29, 0.717) is 25.2 Å². The van der Waals surface area contributed by atoms with E-state index in [1.807, 2.05) is 20.8 Å². The maximum atomic E-state index is 12.8. The number of aliphatic carboxylic acids is 1. The summed E-state index contributed by atoms with van der Waals surface area (Å²) in [5, 5.41) is 29.0. The van der Waals surface area contributed by atoms with Crippen molar-refractivity contribution in [2.24, 2.45) is 29.1 Å². The van der Waals surface area contributed by atoms with Crippen LogP contribution in [0.4, 0.5) is 0 Å². The minimum absolute atomic E-state index is 0.0523. The number of carboxylic acids is 1. The van der Waals surface area contributed by atoms with Crippen molar-refractivity contribution >= 4 is 11.9 Å². The van der Waals surface area contributed by atoms with E-state index in [1.165, 1.54) is 5.57 Å². The van der Waals surface area contributed by atoms with Gasteiger partial charge in [-0.25, -0.2) is 0 Å². The molecule has 6 heteroatoms. The summed E-state index contributed by atoms with van der Waals surface area (Å²) in [7, 11) is 0. The zero-order valence-electron chi connectivity index (χ0n) is 19.6. The molecule has 0 spiro atoms. The minimum atomic E-state index is -1.07. The highest BCUT2D eigenvalue weighted by Crippen LogP contribution is 2.45. The molecule has 7 atom stereocenters. The number of carbonyl (C=O) groups excluding carboxylic acids is 1. The molecular formula is C25H40O6. The molecule has 0 fully saturated rings. The standard InChI is InChI=1S/C25H40O6/c1-6-25(4,5)24(30)31-21-12-15(2)11-17-8-7-16(3)20(23(17)21)10-9-18(26)13-19(27)14-22(28)29/h7-8,11,15-16,18-21,23,26-27H,6,9-10,12-14H2,1-5H3,(H,28,29)/t15-,16-,18-,19-,20-,21-,23-/m0/s1. The second-order valence-corrected chi connectivity index (χ2v) is 10.2. The van der Waals surface area contributed by atoms with Gasteiger partial charge in [0.1, 0.15) is 6.10 Å². The summed E-state index contributed by atoms with van der Waals surface area (Å²) in [4.78, 5) is 23.6. The van der Waals surface area contributed by atoms with Gasteiger partial charge in [0.2, 0.25) is 0 Å². The maximum Gasteiger partial charge on any atom is 0.311 e. The second-order valence-electron chi connectivity index (χ2n) is 10.2. The van der Waals surface area contributed by atoms with Gasteiger partial charge in [0.05, 0.1) is 24.0 Å². The van der Waals surface area contributed by atoms with Crippen LogP contribution in [0.1, 0.15) is 73.1 Å². The van der Waals surface area contributed by atoms with Crippen molar-refractivity contribution in [3.05, 3.63) is 23.8 Å². The molecule has 0 amide bonds. The number of carboxylic acid groups (broad SMARTS) is 1. The first kappa shape index (κ1) is 25.6. The minimum Gasteiger partial charge on any atom is -0.481 e. The van der Waals surface area contributed by atoms with Crippen LogP contribution >= 0.6 is 0 Å². The fourth-order valence-corrected chi connectivity index (χ4v) is 4.76. The summed E-state index contributed by atoms with van der Waals surface area (Å²) < 4.78 is 6.10. The van der Waals surface area contributed by atoms with Crippen molar-refractivity contribution in [1.29, 1.82) is 0 Å². The van der Waals surface area contributed by atoms with Crippen molar-refractivity contribution in [2.45, 2.75) is 91.5 Å². The Morgan fingerprint density at radius 2 is 1.90 bits per heavy atom. The van der Waals surface area contributed by atoms with E-state index >= 15 is 0 Å². The Kier molecular flexibility index (Phi) is 8.90. The Labute approximate surface area is 186 Å². The van der Waals surface area contributed by atoms with Gasteiger partial charge < -0.3 is 20.1 Å². The molecule has 6 nitrogen and oxygen atoms in total. The van der Waals surface area contributed by atoms with Gasteiger partial charge in [-0.05, 0) is 69.3 Å². The third kappa shape index (κ3) is 6.91. The van der Waals surface area contributed by atoms with Gasteiger partial charge >= 0.3 is 11.9 Å². The molecule has 0 aliphatic heterocycles. The van der Waals surface area contributed by atoms with E-state index in [1.54, 1.807) is 0 Å². The second kappa shape index (κ2) is 10.8. The molecule has 2 rings (SSSR count). The molecule has 0 aromatic heterocycles. The summed E-state index contributed by atoms with van der Waals surface area (Å²) in [6.45, 7) is 10.1. The van der Waals surface area contributed by atoms with E-state index < -0.39 is 23.6 Å². The number of ether oxygens (including phenoxy) is 1.